The molecule has 3 fully saturated rings. The minimum absolute atomic E-state index is 0.0756. The number of carbonyl (C=O) groups is 4. The second-order valence-corrected chi connectivity index (χ2v) is 13.7. The number of rotatable bonds is 18. The van der Waals surface area contributed by atoms with Gasteiger partial charge in [-0.1, -0.05) is 69.7 Å². The van der Waals surface area contributed by atoms with Crippen LogP contribution in [0.2, 0.25) is 0 Å². The van der Waals surface area contributed by atoms with E-state index >= 15 is 0 Å². The fourth-order valence-electron chi connectivity index (χ4n) is 7.88. The average molecular weight is 652 g/mol. The Morgan fingerprint density at radius 3 is 2.53 bits per heavy atom. The Balaban J connectivity index is 1.69. The van der Waals surface area contributed by atoms with Crippen molar-refractivity contribution in [1.82, 2.24) is 15.1 Å². The van der Waals surface area contributed by atoms with E-state index in [-0.39, 0.29) is 49.3 Å². The highest BCUT2D eigenvalue weighted by Crippen LogP contribution is 2.59. The number of hydrogen-bond acceptors (Lipinski definition) is 7. The summed E-state index contributed by atoms with van der Waals surface area (Å²) in [6.07, 6.45) is 6.58. The first-order valence-electron chi connectivity index (χ1n) is 17.2. The molecule has 0 aromatic heterocycles. The minimum Gasteiger partial charge on any atom is -0.463 e. The van der Waals surface area contributed by atoms with Crippen molar-refractivity contribution in [2.75, 3.05) is 19.8 Å². The van der Waals surface area contributed by atoms with E-state index in [0.29, 0.717) is 32.2 Å². The lowest BCUT2D eigenvalue weighted by molar-refractivity contribution is -0.153. The van der Waals surface area contributed by atoms with Crippen molar-refractivity contribution >= 4 is 23.7 Å². The molecule has 47 heavy (non-hydrogen) atoms. The summed E-state index contributed by atoms with van der Waals surface area (Å²) in [6.45, 7) is 15.5. The Morgan fingerprint density at radius 1 is 1.19 bits per heavy atom. The van der Waals surface area contributed by atoms with Gasteiger partial charge in [-0.25, -0.2) is 0 Å². The molecule has 1 unspecified atom stereocenters. The summed E-state index contributed by atoms with van der Waals surface area (Å²) in [5.41, 5.74) is -0.443. The minimum atomic E-state index is -1.20. The second kappa shape index (κ2) is 16.1. The Bertz CT molecular complexity index is 1290. The number of aliphatic hydroxyl groups excluding tert-OH is 1. The van der Waals surface area contributed by atoms with Gasteiger partial charge in [-0.2, -0.15) is 0 Å². The lowest BCUT2D eigenvalue weighted by Crippen LogP contribution is -2.60. The van der Waals surface area contributed by atoms with E-state index in [1.807, 2.05) is 51.1 Å². The van der Waals surface area contributed by atoms with E-state index in [0.717, 1.165) is 18.4 Å². The number of carbonyl (C=O) groups excluding carboxylic acids is 4. The molecular weight excluding hydrogens is 598 g/mol. The number of aliphatic hydroxyl groups is 1. The Morgan fingerprint density at radius 2 is 1.91 bits per heavy atom. The third kappa shape index (κ3) is 7.49. The zero-order valence-corrected chi connectivity index (χ0v) is 28.4. The first-order chi connectivity index (χ1) is 22.5. The molecule has 3 heterocycles. The van der Waals surface area contributed by atoms with Crippen molar-refractivity contribution in [3.05, 3.63) is 61.2 Å². The van der Waals surface area contributed by atoms with Crippen LogP contribution < -0.4 is 5.32 Å². The molecule has 1 spiro atoms. The Hall–Kier alpha value is -3.50. The van der Waals surface area contributed by atoms with Crippen LogP contribution in [0.3, 0.4) is 0 Å². The number of nitrogens with zero attached hydrogens (tertiary/aromatic N) is 2. The Kier molecular flexibility index (Phi) is 12.4. The monoisotopic (exact) mass is 651 g/mol. The number of fused-ring (bicyclic) bond motifs is 1. The van der Waals surface area contributed by atoms with Gasteiger partial charge in [0.2, 0.25) is 17.7 Å². The van der Waals surface area contributed by atoms with Gasteiger partial charge in [0.25, 0.3) is 0 Å². The predicted octanol–water partition coefficient (Wildman–Crippen LogP) is 4.34. The van der Waals surface area contributed by atoms with Crippen LogP contribution in [-0.4, -0.2) is 88.2 Å². The van der Waals surface area contributed by atoms with Crippen LogP contribution in [-0.2, 0) is 28.7 Å². The number of allylic oxidation sites excluding steroid dienone is 1. The molecule has 3 amide bonds. The summed E-state index contributed by atoms with van der Waals surface area (Å²) in [5.74, 6) is -2.95. The molecule has 10 heteroatoms. The van der Waals surface area contributed by atoms with Crippen LogP contribution in [0, 0.1) is 17.8 Å². The predicted molar refractivity (Wildman–Crippen MR) is 179 cm³/mol. The molecule has 0 saturated carbocycles. The third-order valence-corrected chi connectivity index (χ3v) is 9.95. The number of esters is 1. The molecule has 10 nitrogen and oxygen atoms in total. The van der Waals surface area contributed by atoms with Crippen LogP contribution in [0.25, 0.3) is 0 Å². The van der Waals surface area contributed by atoms with Crippen molar-refractivity contribution in [2.24, 2.45) is 17.8 Å². The number of nitrogens with one attached hydrogen (secondary N) is 1. The lowest BCUT2D eigenvalue weighted by Gasteiger charge is -2.41. The van der Waals surface area contributed by atoms with Crippen LogP contribution in [0.1, 0.15) is 84.2 Å². The van der Waals surface area contributed by atoms with Crippen LogP contribution in [0.4, 0.5) is 0 Å². The second-order valence-electron chi connectivity index (χ2n) is 13.7. The third-order valence-electron chi connectivity index (χ3n) is 9.95. The fraction of sp³-hybridized carbons (Fsp3) is 0.622. The number of ether oxygens (including phenoxy) is 2. The van der Waals surface area contributed by atoms with Gasteiger partial charge in [0.15, 0.2) is 0 Å². The van der Waals surface area contributed by atoms with E-state index in [1.165, 1.54) is 0 Å². The summed E-state index contributed by atoms with van der Waals surface area (Å²) in [7, 11) is 0. The van der Waals surface area contributed by atoms with Crippen LogP contribution in [0.15, 0.2) is 55.6 Å². The van der Waals surface area contributed by atoms with Gasteiger partial charge in [0.1, 0.15) is 18.2 Å². The van der Waals surface area contributed by atoms with Crippen LogP contribution >= 0.6 is 0 Å². The van der Waals surface area contributed by atoms with E-state index in [1.54, 1.807) is 22.0 Å². The van der Waals surface area contributed by atoms with Gasteiger partial charge in [-0.3, -0.25) is 19.2 Å². The molecule has 2 N–H and O–H groups in total. The molecule has 3 aliphatic heterocycles. The zero-order chi connectivity index (χ0) is 34.3. The van der Waals surface area contributed by atoms with Crippen molar-refractivity contribution in [1.29, 1.82) is 0 Å². The van der Waals surface area contributed by atoms with Crippen molar-refractivity contribution in [2.45, 2.75) is 109 Å². The number of likely N-dealkylation sites (tertiary alicyclic amines) is 1. The topological polar surface area (TPSA) is 125 Å². The summed E-state index contributed by atoms with van der Waals surface area (Å²) < 4.78 is 12.2. The van der Waals surface area contributed by atoms with Gasteiger partial charge in [0, 0.05) is 19.0 Å². The van der Waals surface area contributed by atoms with Crippen molar-refractivity contribution in [3.8, 4) is 0 Å². The summed E-state index contributed by atoms with van der Waals surface area (Å²) >= 11 is 0. The maximum atomic E-state index is 14.7. The molecule has 0 radical (unpaired) electrons. The normalized spacial score (nSPS) is 26.4. The molecule has 1 aromatic carbocycles. The van der Waals surface area contributed by atoms with E-state index < -0.39 is 47.6 Å². The molecule has 2 bridgehead atoms. The average Bonchev–Trinajstić information content (AvgIpc) is 3.70. The fourth-order valence-corrected chi connectivity index (χ4v) is 7.88. The largest absolute Gasteiger partial charge is 0.463 e. The standard InChI is InChI=1S/C37H53N3O7/c1-7-10-17-30(42)46-23-28(26-15-12-11-13-16-26)38-34(43)31-29-18-19-37(47-29)32(31)35(44)40(27(22-41)21-24(4)5)33(37)36(45)39(20-9-3)25(6)14-8-2/h7,9,11-13,15-16,24-25,27-29,31-33,41H,1,3,8,10,14,17-23H2,2,4-6H3,(H,38,43)/t25?,27-,28+,29+,31-,32-,33+,37-/m1/s1. The molecule has 3 saturated heterocycles. The van der Waals surface area contributed by atoms with E-state index in [9.17, 15) is 24.3 Å². The summed E-state index contributed by atoms with van der Waals surface area (Å²) in [6, 6.07) is 6.91. The lowest BCUT2D eigenvalue weighted by atomic mass is 9.70. The summed E-state index contributed by atoms with van der Waals surface area (Å²) in [5, 5.41) is 13.7. The quantitative estimate of drug-likeness (QED) is 0.179. The SMILES string of the molecule is C=CCCC(=O)OC[C@H](NC(=O)[C@@H]1[C@@H]2CC[C@]3(O2)[C@H](C(=O)N(CC=C)C(C)CCC)N([C@@H](CO)CC(C)C)C(=O)[C@@H]13)c1ccccc1. The van der Waals surface area contributed by atoms with Crippen molar-refractivity contribution < 1.29 is 33.8 Å². The highest BCUT2D eigenvalue weighted by Gasteiger charge is 2.75. The number of amides is 3. The maximum absolute atomic E-state index is 14.7. The number of benzene rings is 1. The van der Waals surface area contributed by atoms with Gasteiger partial charge in [-0.15, -0.1) is 13.2 Å². The Labute approximate surface area is 279 Å². The van der Waals surface area contributed by atoms with Crippen LogP contribution in [0.5, 0.6) is 0 Å². The van der Waals surface area contributed by atoms with E-state index in [4.69, 9.17) is 9.47 Å². The highest BCUT2D eigenvalue weighted by atomic mass is 16.5. The summed E-state index contributed by atoms with van der Waals surface area (Å²) in [4.78, 5) is 59.2. The molecule has 258 valence electrons. The van der Waals surface area contributed by atoms with E-state index in [2.05, 4.69) is 25.4 Å². The first-order valence-corrected chi connectivity index (χ1v) is 17.2. The molecule has 0 aliphatic carbocycles. The molecular formula is C37H53N3O7. The van der Waals surface area contributed by atoms with Gasteiger partial charge in [-0.05, 0) is 50.5 Å². The first kappa shape index (κ1) is 36.3. The highest BCUT2D eigenvalue weighted by molar-refractivity contribution is 5.99. The molecule has 3 aliphatic rings. The molecule has 1 aromatic rings. The molecule has 4 rings (SSSR count). The smallest absolute Gasteiger partial charge is 0.306 e. The molecule has 8 atom stereocenters. The number of hydrogen-bond donors (Lipinski definition) is 2. The van der Waals surface area contributed by atoms with Crippen molar-refractivity contribution in [3.63, 3.8) is 0 Å². The van der Waals surface area contributed by atoms with Gasteiger partial charge < -0.3 is 29.7 Å². The van der Waals surface area contributed by atoms with Gasteiger partial charge in [0.05, 0.1) is 36.6 Å². The van der Waals surface area contributed by atoms with Gasteiger partial charge >= 0.3 is 5.97 Å². The zero-order valence-electron chi connectivity index (χ0n) is 28.4. The maximum Gasteiger partial charge on any atom is 0.306 e.